The Labute approximate surface area is 163 Å². The first kappa shape index (κ1) is 36.0. The van der Waals surface area contributed by atoms with Gasteiger partial charge in [0.1, 0.15) is 0 Å². The molecule has 0 fully saturated rings. The summed E-state index contributed by atoms with van der Waals surface area (Å²) in [6.07, 6.45) is -1.36. The minimum atomic E-state index is -1.50. The molecule has 0 rings (SSSR count). The van der Waals surface area contributed by atoms with Crippen molar-refractivity contribution in [1.82, 2.24) is 0 Å². The fourth-order valence-electron chi connectivity index (χ4n) is 0. The number of hydrogen-bond acceptors (Lipinski definition) is 7. The van der Waals surface area contributed by atoms with Gasteiger partial charge >= 0.3 is 57.5 Å². The second-order valence-corrected chi connectivity index (χ2v) is 1.00. The minimum absolute atomic E-state index is 0. The number of hydrogen-bond donors (Lipinski definition) is 2. The Hall–Kier alpha value is 0.370. The molecule has 0 aliphatic rings. The van der Waals surface area contributed by atoms with E-state index in [1.165, 1.54) is 0 Å². The molecule has 0 saturated heterocycles. The first-order chi connectivity index (χ1) is 6.27. The van der Waals surface area contributed by atoms with Crippen molar-refractivity contribution in [2.75, 3.05) is 0 Å². The molecule has 0 aliphatic carbocycles. The van der Waals surface area contributed by atoms with E-state index in [1.54, 1.807) is 0 Å². The Morgan fingerprint density at radius 1 is 1.24 bits per heavy atom. The van der Waals surface area contributed by atoms with Gasteiger partial charge in [0.05, 0.1) is 0 Å². The summed E-state index contributed by atoms with van der Waals surface area (Å²) in [5, 5.41) is 29.0. The van der Waals surface area contributed by atoms with Crippen molar-refractivity contribution in [2.45, 2.75) is 0 Å². The van der Waals surface area contributed by atoms with Crippen LogP contribution in [0.5, 0.6) is 0 Å². The summed E-state index contributed by atoms with van der Waals surface area (Å²) in [7, 11) is 5.07. The minimum Gasteiger partial charge on any atom is -0.693 e. The molecule has 0 aliphatic heterocycles. The van der Waals surface area contributed by atoms with Crippen LogP contribution in [0.1, 0.15) is 0 Å². The monoisotopic (exact) mass is 358 g/mol. The van der Waals surface area contributed by atoms with Crippen LogP contribution in [-0.2, 0) is 42.3 Å². The Morgan fingerprint density at radius 3 is 1.35 bits per heavy atom. The van der Waals surface area contributed by atoms with E-state index < -0.39 is 16.3 Å². The fraction of sp³-hybridized carbons (Fsp3) is 0. The van der Waals surface area contributed by atoms with Gasteiger partial charge in [-0.25, -0.2) is 4.79 Å². The molecule has 1 radical (unpaired) electrons. The predicted molar refractivity (Wildman–Crippen MR) is 42.0 cm³/mol. The van der Waals surface area contributed by atoms with Crippen molar-refractivity contribution >= 4 is 6.16 Å². The summed E-state index contributed by atoms with van der Waals surface area (Å²) in [6.45, 7) is 0. The second kappa shape index (κ2) is 29.9. The van der Waals surface area contributed by atoms with Gasteiger partial charge in [-0.05, 0) is 0 Å². The maximum Gasteiger partial charge on any atom is 1.00 e. The van der Waals surface area contributed by atoms with Crippen LogP contribution in [0.25, 0.3) is 6.15 Å². The first-order valence-corrected chi connectivity index (χ1v) is 2.32. The molecule has 95 valence electrons. The van der Waals surface area contributed by atoms with Crippen LogP contribution in [0.3, 0.4) is 0 Å². The number of carbonyl (C=O) groups is 1. The third-order valence-electron chi connectivity index (χ3n) is 0.229. The molecule has 17 heavy (non-hydrogen) atoms. The number of nitrogens with zero attached hydrogens (tertiary/aromatic N) is 2. The zero-order valence-electron chi connectivity index (χ0n) is 8.72. The Bertz CT molecular complexity index is 174. The van der Waals surface area contributed by atoms with Gasteiger partial charge in [-0.2, -0.15) is 14.2 Å². The summed E-state index contributed by atoms with van der Waals surface area (Å²) in [6, 6.07) is 0. The zero-order chi connectivity index (χ0) is 12.1. The Kier molecular flexibility index (Phi) is 63.4. The third-order valence-corrected chi connectivity index (χ3v) is 0.229. The van der Waals surface area contributed by atoms with E-state index >= 15 is 0 Å². The van der Waals surface area contributed by atoms with E-state index in [2.05, 4.69) is 23.8 Å². The number of ether oxygens (including phenoxy) is 1. The largest absolute Gasteiger partial charge is 1.00 e. The van der Waals surface area contributed by atoms with Gasteiger partial charge in [0, 0.05) is 32.7 Å². The standard InChI is InChI=1S/C2H3O3.CH2NO3.K.HNO3.H2N.Y/c2*1-5-2(3)4;;2-1(3)4;;/h1H2,(H,3,4);1H2;;(H,2,3,4);1H2;/q2*-1;+1;;-1;. The average Bonchev–Trinajstić information content (AvgIpc) is 2.04. The third kappa shape index (κ3) is 177. The van der Waals surface area contributed by atoms with Crippen LogP contribution in [0.4, 0.5) is 4.79 Å². The van der Waals surface area contributed by atoms with E-state index in [1.807, 2.05) is 0 Å². The Balaban J connectivity index is -0.0000000247. The smallest absolute Gasteiger partial charge is 0.693 e. The van der Waals surface area contributed by atoms with Crippen molar-refractivity contribution in [2.24, 2.45) is 0 Å². The zero-order valence-corrected chi connectivity index (χ0v) is 14.7. The molecule has 14 heteroatoms. The van der Waals surface area contributed by atoms with E-state index in [-0.39, 0.29) is 90.2 Å². The van der Waals surface area contributed by atoms with Gasteiger partial charge < -0.3 is 26.0 Å². The van der Waals surface area contributed by atoms with Crippen LogP contribution in [0, 0.1) is 34.4 Å². The Morgan fingerprint density at radius 2 is 1.35 bits per heavy atom. The molecule has 4 N–H and O–H groups in total. The SMILES string of the molecule is O=[N+]([O-])O.[CH2-]OC(=O)O.[CH2-]O[N+](=O)[O-].[K+].[NH2-].[Y]. The van der Waals surface area contributed by atoms with Crippen LogP contribution in [0.2, 0.25) is 0 Å². The molecule has 0 saturated carbocycles. The van der Waals surface area contributed by atoms with E-state index in [9.17, 15) is 0 Å². The summed E-state index contributed by atoms with van der Waals surface area (Å²) < 4.78 is 3.42. The van der Waals surface area contributed by atoms with Crippen molar-refractivity contribution in [3.05, 3.63) is 40.6 Å². The van der Waals surface area contributed by atoms with E-state index in [4.69, 9.17) is 35.3 Å². The van der Waals surface area contributed by atoms with Crippen LogP contribution < -0.4 is 51.4 Å². The first-order valence-electron chi connectivity index (χ1n) is 2.32. The second-order valence-electron chi connectivity index (χ2n) is 1.00. The molecule has 0 amide bonds. The van der Waals surface area contributed by atoms with Gasteiger partial charge in [0.15, 0.2) is 0 Å². The maximum absolute atomic E-state index is 9.08. The molecule has 0 atom stereocenters. The molecule has 12 nitrogen and oxygen atoms in total. The van der Waals surface area contributed by atoms with Gasteiger partial charge in [0.2, 0.25) is 0 Å². The number of carboxylic acid groups (broad SMARTS) is 1. The molecule has 0 aromatic rings. The van der Waals surface area contributed by atoms with Crippen LogP contribution in [-0.4, -0.2) is 26.6 Å². The van der Waals surface area contributed by atoms with E-state index in [0.717, 1.165) is 0 Å². The number of rotatable bonds is 1. The van der Waals surface area contributed by atoms with Gasteiger partial charge in [-0.3, -0.25) is 0 Å². The van der Waals surface area contributed by atoms with Crippen LogP contribution in [0.15, 0.2) is 0 Å². The average molecular weight is 358 g/mol. The molecule has 0 unspecified atom stereocenters. The topological polar surface area (TPSA) is 196 Å². The molecule has 0 bridgehead atoms. The quantitative estimate of drug-likeness (QED) is 0.172. The molecule has 0 aromatic carbocycles. The molecular formula is C3H8KN3O9Y-2. The van der Waals surface area contributed by atoms with E-state index in [0.29, 0.717) is 0 Å². The van der Waals surface area contributed by atoms with Gasteiger partial charge in [-0.15, -0.1) is 20.2 Å². The molecule has 0 spiro atoms. The van der Waals surface area contributed by atoms with Crippen molar-refractivity contribution in [1.29, 1.82) is 0 Å². The van der Waals surface area contributed by atoms with Crippen LogP contribution >= 0.6 is 0 Å². The fourth-order valence-corrected chi connectivity index (χ4v) is 0. The molecule has 0 aromatic heterocycles. The molecular weight excluding hydrogens is 350 g/mol. The summed E-state index contributed by atoms with van der Waals surface area (Å²) in [4.78, 5) is 29.6. The van der Waals surface area contributed by atoms with Crippen molar-refractivity contribution in [3.63, 3.8) is 0 Å². The number of nitrogens with two attached hydrogens (primary N) is 1. The summed E-state index contributed by atoms with van der Waals surface area (Å²) in [5.41, 5.74) is 0. The molecule has 0 heterocycles. The van der Waals surface area contributed by atoms with Gasteiger partial charge in [0.25, 0.3) is 10.2 Å². The normalized spacial score (nSPS) is 5.29. The summed E-state index contributed by atoms with van der Waals surface area (Å²) in [5.74, 6) is 0. The van der Waals surface area contributed by atoms with Gasteiger partial charge in [-0.1, -0.05) is 0 Å². The summed E-state index contributed by atoms with van der Waals surface area (Å²) >= 11 is 0. The van der Waals surface area contributed by atoms with Crippen molar-refractivity contribution < 1.29 is 119 Å². The predicted octanol–water partition coefficient (Wildman–Crippen LogP) is -2.17. The van der Waals surface area contributed by atoms with Crippen molar-refractivity contribution in [3.8, 4) is 0 Å². The maximum atomic E-state index is 9.08.